The number of hydrogen-bond acceptors (Lipinski definition) is 3. The van der Waals surface area contributed by atoms with Crippen LogP contribution in [0.15, 0.2) is 155 Å². The number of hydrogen-bond donors (Lipinski definition) is 0. The van der Waals surface area contributed by atoms with Crippen molar-refractivity contribution in [3.63, 3.8) is 0 Å². The Morgan fingerprint density at radius 2 is 0.929 bits per heavy atom. The first-order valence-corrected chi connectivity index (χ1v) is 15.1. The lowest BCUT2D eigenvalue weighted by molar-refractivity contribution is 0.722. The minimum absolute atomic E-state index is 0.375. The Labute approximate surface area is 248 Å². The maximum atomic E-state index is 5.20. The fraction of sp³-hybridized carbons (Fsp3) is 0.0256. The summed E-state index contributed by atoms with van der Waals surface area (Å²) < 4.78 is 0. The van der Waals surface area contributed by atoms with E-state index in [0.717, 1.165) is 33.5 Å². The summed E-state index contributed by atoms with van der Waals surface area (Å²) in [5.74, 6) is 0. The van der Waals surface area contributed by atoms with Gasteiger partial charge in [-0.1, -0.05) is 133 Å². The third kappa shape index (κ3) is 3.23. The molecular weight excluding hydrogens is 529 g/mol. The van der Waals surface area contributed by atoms with Gasteiger partial charge in [-0.15, -0.1) is 0 Å². The van der Waals surface area contributed by atoms with Crippen LogP contribution in [0.1, 0.15) is 22.3 Å². The summed E-state index contributed by atoms with van der Waals surface area (Å²) in [6.07, 6.45) is 0. The summed E-state index contributed by atoms with van der Waals surface area (Å²) in [6.45, 7) is 0. The van der Waals surface area contributed by atoms with Crippen LogP contribution >= 0.6 is 11.8 Å². The van der Waals surface area contributed by atoms with Crippen molar-refractivity contribution in [2.24, 2.45) is 0 Å². The predicted molar refractivity (Wildman–Crippen MR) is 172 cm³/mol. The molecule has 2 nitrogen and oxygen atoms in total. The van der Waals surface area contributed by atoms with E-state index in [4.69, 9.17) is 9.97 Å². The Morgan fingerprint density at radius 3 is 1.62 bits per heavy atom. The van der Waals surface area contributed by atoms with Crippen LogP contribution < -0.4 is 0 Å². The molecule has 0 amide bonds. The number of benzene rings is 6. The average molecular weight is 553 g/mol. The van der Waals surface area contributed by atoms with Crippen LogP contribution in [0.4, 0.5) is 0 Å². The van der Waals surface area contributed by atoms with Gasteiger partial charge in [0.05, 0.1) is 27.8 Å². The molecule has 1 aromatic heterocycles. The van der Waals surface area contributed by atoms with Gasteiger partial charge in [0.2, 0.25) is 0 Å². The third-order valence-electron chi connectivity index (χ3n) is 8.74. The Bertz CT molecular complexity index is 2140. The van der Waals surface area contributed by atoms with Crippen molar-refractivity contribution in [2.75, 3.05) is 0 Å². The first kappa shape index (κ1) is 23.7. The molecule has 0 saturated heterocycles. The highest BCUT2D eigenvalue weighted by Gasteiger charge is 2.50. The van der Waals surface area contributed by atoms with Crippen LogP contribution in [0.2, 0.25) is 0 Å². The van der Waals surface area contributed by atoms with Crippen LogP contribution in [0.25, 0.3) is 44.7 Å². The van der Waals surface area contributed by atoms with Gasteiger partial charge < -0.3 is 0 Å². The number of para-hydroxylation sites is 2. The topological polar surface area (TPSA) is 25.8 Å². The van der Waals surface area contributed by atoms with E-state index in [1.54, 1.807) is 0 Å². The zero-order chi connectivity index (χ0) is 27.7. The number of rotatable bonds is 2. The summed E-state index contributed by atoms with van der Waals surface area (Å²) in [4.78, 5) is 12.9. The molecule has 6 aromatic carbocycles. The molecule has 7 aromatic rings. The molecular formula is C39H24N2S. The van der Waals surface area contributed by atoms with E-state index in [9.17, 15) is 0 Å². The first-order valence-electron chi connectivity index (χ1n) is 14.3. The van der Waals surface area contributed by atoms with E-state index in [0.29, 0.717) is 0 Å². The van der Waals surface area contributed by atoms with Crippen molar-refractivity contribution < 1.29 is 0 Å². The third-order valence-corrected chi connectivity index (χ3v) is 9.87. The van der Waals surface area contributed by atoms with Gasteiger partial charge in [0.25, 0.3) is 0 Å². The van der Waals surface area contributed by atoms with Gasteiger partial charge in [-0.05, 0) is 57.6 Å². The van der Waals surface area contributed by atoms with Crippen molar-refractivity contribution in [2.45, 2.75) is 15.2 Å². The molecule has 2 aliphatic rings. The molecule has 1 spiro atoms. The molecule has 0 bridgehead atoms. The SMILES string of the molecule is c1ccc(-c2nc3ccccc3nc2-c2ccc3c(c2)Sc2ccccc2C32c3ccccc3-c3ccccc32)cc1. The lowest BCUT2D eigenvalue weighted by Gasteiger charge is -2.39. The van der Waals surface area contributed by atoms with Crippen molar-refractivity contribution in [3.8, 4) is 33.6 Å². The van der Waals surface area contributed by atoms with E-state index in [1.807, 2.05) is 42.1 Å². The zero-order valence-corrected chi connectivity index (χ0v) is 23.5. The number of fused-ring (bicyclic) bond motifs is 10. The fourth-order valence-electron chi connectivity index (χ4n) is 7.01. The largest absolute Gasteiger partial charge is 0.244 e. The summed E-state index contributed by atoms with van der Waals surface area (Å²) in [6, 6.07) is 52.3. The zero-order valence-electron chi connectivity index (χ0n) is 22.7. The summed E-state index contributed by atoms with van der Waals surface area (Å²) in [5, 5.41) is 0. The molecule has 9 rings (SSSR count). The van der Waals surface area contributed by atoms with Gasteiger partial charge in [-0.25, -0.2) is 9.97 Å². The molecule has 0 saturated carbocycles. The van der Waals surface area contributed by atoms with Gasteiger partial charge >= 0.3 is 0 Å². The second-order valence-corrected chi connectivity index (χ2v) is 12.0. The van der Waals surface area contributed by atoms with Crippen LogP contribution in [-0.4, -0.2) is 9.97 Å². The molecule has 2 heterocycles. The maximum Gasteiger partial charge on any atom is 0.0973 e. The van der Waals surface area contributed by atoms with E-state index in [-0.39, 0.29) is 5.41 Å². The van der Waals surface area contributed by atoms with E-state index >= 15 is 0 Å². The number of nitrogens with zero attached hydrogens (tertiary/aromatic N) is 2. The molecule has 0 unspecified atom stereocenters. The minimum Gasteiger partial charge on any atom is -0.244 e. The molecule has 0 radical (unpaired) electrons. The van der Waals surface area contributed by atoms with Gasteiger partial charge in [0.1, 0.15) is 0 Å². The average Bonchev–Trinajstić information content (AvgIpc) is 3.35. The Hall–Kier alpha value is -4.99. The van der Waals surface area contributed by atoms with Crippen molar-refractivity contribution in [1.82, 2.24) is 9.97 Å². The Balaban J connectivity index is 1.33. The van der Waals surface area contributed by atoms with Crippen LogP contribution in [0.3, 0.4) is 0 Å². The second kappa shape index (κ2) is 9.01. The standard InChI is InChI=1S/C39H24N2S/c1-2-12-25(13-3-1)37-38(41-34-20-10-9-19-33(34)40-37)26-22-23-32-36(24-26)42-35-21-11-8-18-31(35)39(32)29-16-6-4-14-27(29)28-15-5-7-17-30(28)39/h1-24H. The van der Waals surface area contributed by atoms with Crippen molar-refractivity contribution >= 4 is 22.8 Å². The van der Waals surface area contributed by atoms with Gasteiger partial charge in [-0.3, -0.25) is 0 Å². The summed E-state index contributed by atoms with van der Waals surface area (Å²) in [5.41, 5.74) is 13.4. The molecule has 1 aliphatic carbocycles. The summed E-state index contributed by atoms with van der Waals surface area (Å²) >= 11 is 1.86. The van der Waals surface area contributed by atoms with Crippen molar-refractivity contribution in [1.29, 1.82) is 0 Å². The first-order chi connectivity index (χ1) is 20.8. The molecule has 42 heavy (non-hydrogen) atoms. The number of aromatic nitrogens is 2. The molecule has 1 aliphatic heterocycles. The normalized spacial score (nSPS) is 13.8. The lowest BCUT2D eigenvalue weighted by Crippen LogP contribution is -2.31. The molecule has 0 atom stereocenters. The van der Waals surface area contributed by atoms with Gasteiger partial charge in [0, 0.05) is 20.9 Å². The lowest BCUT2D eigenvalue weighted by atomic mass is 9.67. The summed E-state index contributed by atoms with van der Waals surface area (Å²) in [7, 11) is 0. The highest BCUT2D eigenvalue weighted by atomic mass is 32.2. The minimum atomic E-state index is -0.375. The van der Waals surface area contributed by atoms with E-state index in [1.165, 1.54) is 43.2 Å². The maximum absolute atomic E-state index is 5.20. The van der Waals surface area contributed by atoms with Gasteiger partial charge in [0.15, 0.2) is 0 Å². The molecule has 0 N–H and O–H groups in total. The van der Waals surface area contributed by atoms with Gasteiger partial charge in [-0.2, -0.15) is 0 Å². The quantitative estimate of drug-likeness (QED) is 0.213. The highest BCUT2D eigenvalue weighted by molar-refractivity contribution is 7.99. The van der Waals surface area contributed by atoms with Crippen LogP contribution in [0, 0.1) is 0 Å². The Kier molecular flexibility index (Phi) is 5.08. The monoisotopic (exact) mass is 552 g/mol. The predicted octanol–water partition coefficient (Wildman–Crippen LogP) is 9.79. The van der Waals surface area contributed by atoms with E-state index < -0.39 is 0 Å². The molecule has 3 heteroatoms. The van der Waals surface area contributed by atoms with Crippen LogP contribution in [0.5, 0.6) is 0 Å². The Morgan fingerprint density at radius 1 is 0.405 bits per heavy atom. The highest BCUT2D eigenvalue weighted by Crippen LogP contribution is 2.62. The fourth-order valence-corrected chi connectivity index (χ4v) is 8.24. The van der Waals surface area contributed by atoms with E-state index in [2.05, 4.69) is 115 Å². The van der Waals surface area contributed by atoms with Crippen molar-refractivity contribution in [3.05, 3.63) is 168 Å². The molecule has 196 valence electrons. The second-order valence-electron chi connectivity index (χ2n) is 10.9. The molecule has 0 fully saturated rings. The smallest absolute Gasteiger partial charge is 0.0973 e. The van der Waals surface area contributed by atoms with Crippen LogP contribution in [-0.2, 0) is 5.41 Å².